The van der Waals surface area contributed by atoms with E-state index < -0.39 is 6.10 Å². The van der Waals surface area contributed by atoms with Gasteiger partial charge in [-0.1, -0.05) is 6.07 Å². The Balaban J connectivity index is 0.00000128. The van der Waals surface area contributed by atoms with E-state index in [1.165, 1.54) is 12.8 Å². The number of hydrogen-bond donors (Lipinski definition) is 3. The van der Waals surface area contributed by atoms with Gasteiger partial charge in [0.15, 0.2) is 0 Å². The fraction of sp³-hybridized carbons (Fsp3) is 0.545. The van der Waals surface area contributed by atoms with Gasteiger partial charge in [-0.15, -0.1) is 24.8 Å². The maximum absolute atomic E-state index is 9.86. The van der Waals surface area contributed by atoms with Crippen molar-refractivity contribution < 1.29 is 5.11 Å². The van der Waals surface area contributed by atoms with Crippen LogP contribution >= 0.6 is 24.8 Å². The standard InChI is InChI=1S/C11H17N3O.2ClH/c1-11(4-5-11)14-7-9(15)8-2-3-10(12)13-6-8;;/h2-3,6,9,14-15H,4-5,7H2,1H3,(H2,12,13);2*1H. The summed E-state index contributed by atoms with van der Waals surface area (Å²) in [6.07, 6.45) is 3.51. The molecule has 98 valence electrons. The largest absolute Gasteiger partial charge is 0.387 e. The number of aliphatic hydroxyl groups is 1. The molecule has 1 aromatic rings. The molecule has 4 N–H and O–H groups in total. The lowest BCUT2D eigenvalue weighted by Gasteiger charge is -2.16. The van der Waals surface area contributed by atoms with Gasteiger partial charge in [0, 0.05) is 23.8 Å². The van der Waals surface area contributed by atoms with Crippen LogP contribution in [-0.4, -0.2) is 22.2 Å². The van der Waals surface area contributed by atoms with E-state index in [9.17, 15) is 5.11 Å². The zero-order valence-electron chi connectivity index (χ0n) is 9.72. The Labute approximate surface area is 114 Å². The highest BCUT2D eigenvalue weighted by molar-refractivity contribution is 5.85. The summed E-state index contributed by atoms with van der Waals surface area (Å²) in [5.41, 5.74) is 6.53. The van der Waals surface area contributed by atoms with Crippen LogP contribution in [0.15, 0.2) is 18.3 Å². The minimum atomic E-state index is -0.504. The molecule has 1 aromatic heterocycles. The molecule has 0 bridgehead atoms. The maximum Gasteiger partial charge on any atom is 0.123 e. The van der Waals surface area contributed by atoms with Gasteiger partial charge in [0.05, 0.1) is 6.10 Å². The van der Waals surface area contributed by atoms with Crippen molar-refractivity contribution in [1.82, 2.24) is 10.3 Å². The number of rotatable bonds is 4. The van der Waals surface area contributed by atoms with E-state index in [0.717, 1.165) is 5.56 Å². The Morgan fingerprint density at radius 2 is 2.12 bits per heavy atom. The highest BCUT2D eigenvalue weighted by Gasteiger charge is 2.36. The molecular formula is C11H19Cl2N3O. The minimum Gasteiger partial charge on any atom is -0.387 e. The molecule has 0 saturated heterocycles. The molecule has 0 amide bonds. The predicted octanol–water partition coefficient (Wildman–Crippen LogP) is 1.68. The van der Waals surface area contributed by atoms with Gasteiger partial charge in [0.25, 0.3) is 0 Å². The van der Waals surface area contributed by atoms with Gasteiger partial charge in [-0.2, -0.15) is 0 Å². The molecule has 0 spiro atoms. The highest BCUT2D eigenvalue weighted by Crippen LogP contribution is 2.34. The third-order valence-corrected chi connectivity index (χ3v) is 2.92. The van der Waals surface area contributed by atoms with Crippen LogP contribution < -0.4 is 11.1 Å². The van der Waals surface area contributed by atoms with Crippen molar-refractivity contribution in [3.63, 3.8) is 0 Å². The van der Waals surface area contributed by atoms with E-state index in [0.29, 0.717) is 12.4 Å². The van der Waals surface area contributed by atoms with Crippen molar-refractivity contribution in [2.45, 2.75) is 31.4 Å². The van der Waals surface area contributed by atoms with Gasteiger partial charge in [-0.25, -0.2) is 4.98 Å². The van der Waals surface area contributed by atoms with Crippen LogP contribution in [0.1, 0.15) is 31.4 Å². The number of aromatic nitrogens is 1. The first-order chi connectivity index (χ1) is 7.09. The van der Waals surface area contributed by atoms with Crippen molar-refractivity contribution in [1.29, 1.82) is 0 Å². The first kappa shape index (κ1) is 16.4. The fourth-order valence-corrected chi connectivity index (χ4v) is 1.44. The molecule has 0 aromatic carbocycles. The van der Waals surface area contributed by atoms with Crippen molar-refractivity contribution in [2.75, 3.05) is 12.3 Å². The number of nitrogens with zero attached hydrogens (tertiary/aromatic N) is 1. The number of nitrogen functional groups attached to an aromatic ring is 1. The van der Waals surface area contributed by atoms with Crippen molar-refractivity contribution in [2.24, 2.45) is 0 Å². The van der Waals surface area contributed by atoms with E-state index in [1.54, 1.807) is 12.3 Å². The molecule has 17 heavy (non-hydrogen) atoms. The summed E-state index contributed by atoms with van der Waals surface area (Å²) < 4.78 is 0. The van der Waals surface area contributed by atoms with E-state index in [-0.39, 0.29) is 30.4 Å². The summed E-state index contributed by atoms with van der Waals surface area (Å²) in [6.45, 7) is 2.74. The number of hydrogen-bond acceptors (Lipinski definition) is 4. The number of anilines is 1. The molecule has 1 unspecified atom stereocenters. The average molecular weight is 280 g/mol. The maximum atomic E-state index is 9.86. The summed E-state index contributed by atoms with van der Waals surface area (Å²) in [4.78, 5) is 3.95. The average Bonchev–Trinajstić information content (AvgIpc) is 2.95. The second kappa shape index (κ2) is 6.40. The second-order valence-corrected chi connectivity index (χ2v) is 4.47. The lowest BCUT2D eigenvalue weighted by molar-refractivity contribution is 0.169. The molecule has 1 heterocycles. The molecule has 1 fully saturated rings. The van der Waals surface area contributed by atoms with E-state index in [4.69, 9.17) is 5.73 Å². The van der Waals surface area contributed by atoms with Crippen LogP contribution in [0, 0.1) is 0 Å². The molecule has 1 saturated carbocycles. The normalized spacial score (nSPS) is 17.5. The smallest absolute Gasteiger partial charge is 0.123 e. The number of nitrogens with two attached hydrogens (primary N) is 1. The van der Waals surface area contributed by atoms with E-state index in [1.807, 2.05) is 6.07 Å². The van der Waals surface area contributed by atoms with Crippen molar-refractivity contribution >= 4 is 30.6 Å². The SMILES string of the molecule is CC1(NCC(O)c2ccc(N)nc2)CC1.Cl.Cl. The zero-order chi connectivity index (χ0) is 10.9. The second-order valence-electron chi connectivity index (χ2n) is 4.47. The van der Waals surface area contributed by atoms with E-state index >= 15 is 0 Å². The molecule has 2 rings (SSSR count). The molecule has 1 aliphatic rings. The Morgan fingerprint density at radius 1 is 1.47 bits per heavy atom. The van der Waals surface area contributed by atoms with Gasteiger partial charge in [-0.05, 0) is 25.8 Å². The number of halogens is 2. The van der Waals surface area contributed by atoms with Gasteiger partial charge in [0.2, 0.25) is 0 Å². The van der Waals surface area contributed by atoms with Crippen LogP contribution in [0.4, 0.5) is 5.82 Å². The number of aliphatic hydroxyl groups excluding tert-OH is 1. The monoisotopic (exact) mass is 279 g/mol. The van der Waals surface area contributed by atoms with Crippen molar-refractivity contribution in [3.8, 4) is 0 Å². The van der Waals surface area contributed by atoms with Crippen LogP contribution in [0.5, 0.6) is 0 Å². The summed E-state index contributed by atoms with van der Waals surface area (Å²) in [6, 6.07) is 3.52. The molecule has 6 heteroatoms. The van der Waals surface area contributed by atoms with Crippen LogP contribution in [-0.2, 0) is 0 Å². The van der Waals surface area contributed by atoms with Gasteiger partial charge in [0.1, 0.15) is 5.82 Å². The van der Waals surface area contributed by atoms with E-state index in [2.05, 4.69) is 17.2 Å². The topological polar surface area (TPSA) is 71.2 Å². The number of nitrogens with one attached hydrogen (secondary N) is 1. The lowest BCUT2D eigenvalue weighted by Crippen LogP contribution is -2.32. The summed E-state index contributed by atoms with van der Waals surface area (Å²) >= 11 is 0. The Hall–Kier alpha value is -0.550. The van der Waals surface area contributed by atoms with Crippen LogP contribution in [0.25, 0.3) is 0 Å². The first-order valence-electron chi connectivity index (χ1n) is 5.24. The van der Waals surface area contributed by atoms with Gasteiger partial charge >= 0.3 is 0 Å². The van der Waals surface area contributed by atoms with Gasteiger partial charge in [-0.3, -0.25) is 0 Å². The van der Waals surface area contributed by atoms with Crippen LogP contribution in [0.2, 0.25) is 0 Å². The third-order valence-electron chi connectivity index (χ3n) is 2.92. The zero-order valence-corrected chi connectivity index (χ0v) is 11.4. The molecule has 0 radical (unpaired) electrons. The summed E-state index contributed by atoms with van der Waals surface area (Å²) in [5.74, 6) is 0.480. The molecule has 4 nitrogen and oxygen atoms in total. The molecule has 1 atom stereocenters. The molecule has 1 aliphatic carbocycles. The highest BCUT2D eigenvalue weighted by atomic mass is 35.5. The lowest BCUT2D eigenvalue weighted by atomic mass is 10.1. The minimum absolute atomic E-state index is 0. The Bertz CT molecular complexity index is 341. The summed E-state index contributed by atoms with van der Waals surface area (Å²) in [7, 11) is 0. The summed E-state index contributed by atoms with van der Waals surface area (Å²) in [5, 5.41) is 13.2. The number of β-amino-alcohol motifs (C(OH)–C–C–N with tert-alkyl or cyclic N) is 1. The van der Waals surface area contributed by atoms with Gasteiger partial charge < -0.3 is 16.2 Å². The van der Waals surface area contributed by atoms with Crippen LogP contribution in [0.3, 0.4) is 0 Å². The Morgan fingerprint density at radius 3 is 2.59 bits per heavy atom. The number of pyridine rings is 1. The third kappa shape index (κ3) is 4.68. The molecular weight excluding hydrogens is 261 g/mol. The first-order valence-corrected chi connectivity index (χ1v) is 5.24. The quantitative estimate of drug-likeness (QED) is 0.784. The molecule has 0 aliphatic heterocycles. The van der Waals surface area contributed by atoms with Crippen molar-refractivity contribution in [3.05, 3.63) is 23.9 Å². The Kier molecular flexibility index (Phi) is 6.19. The predicted molar refractivity (Wildman–Crippen MR) is 73.7 cm³/mol. The fourth-order valence-electron chi connectivity index (χ4n) is 1.44.